The summed E-state index contributed by atoms with van der Waals surface area (Å²) < 4.78 is 5.49. The lowest BCUT2D eigenvalue weighted by Gasteiger charge is -2.16. The van der Waals surface area contributed by atoms with Gasteiger partial charge in [0.1, 0.15) is 6.61 Å². The van der Waals surface area contributed by atoms with Crippen LogP contribution in [0.3, 0.4) is 0 Å². The van der Waals surface area contributed by atoms with Gasteiger partial charge in [0.2, 0.25) is 0 Å². The second-order valence-corrected chi connectivity index (χ2v) is 6.31. The van der Waals surface area contributed by atoms with E-state index in [9.17, 15) is 9.59 Å². The van der Waals surface area contributed by atoms with Crippen molar-refractivity contribution in [3.63, 3.8) is 0 Å². The van der Waals surface area contributed by atoms with Gasteiger partial charge in [0.25, 0.3) is 0 Å². The van der Waals surface area contributed by atoms with E-state index < -0.39 is 17.4 Å². The Labute approximate surface area is 139 Å². The van der Waals surface area contributed by atoms with Crippen molar-refractivity contribution in [2.75, 3.05) is 6.61 Å². The smallest absolute Gasteiger partial charge is 0.341 e. The quantitative estimate of drug-likeness (QED) is 0.531. The molecule has 2 aliphatic rings. The summed E-state index contributed by atoms with van der Waals surface area (Å²) >= 11 is 0. The molecule has 2 aliphatic carbocycles. The summed E-state index contributed by atoms with van der Waals surface area (Å²) in [5.41, 5.74) is 3.41. The molecule has 0 radical (unpaired) electrons. The minimum Gasteiger partial charge on any atom is -0.464 e. The van der Waals surface area contributed by atoms with Crippen molar-refractivity contribution >= 4 is 11.9 Å². The molecule has 1 saturated carbocycles. The first-order valence-electron chi connectivity index (χ1n) is 7.94. The van der Waals surface area contributed by atoms with Gasteiger partial charge in [-0.15, -0.1) is 0 Å². The highest BCUT2D eigenvalue weighted by Gasteiger charge is 2.59. The number of carbonyl (C=O) groups is 2. The van der Waals surface area contributed by atoms with Crippen LogP contribution in [0.1, 0.15) is 29.9 Å². The molecule has 0 spiro atoms. The maximum Gasteiger partial charge on any atom is 0.341 e. The van der Waals surface area contributed by atoms with Crippen LogP contribution in [-0.2, 0) is 19.2 Å². The fraction of sp³-hybridized carbons (Fsp3) is 0.263. The minimum absolute atomic E-state index is 0.0222. The molecule has 0 aromatic heterocycles. The summed E-state index contributed by atoms with van der Waals surface area (Å²) in [6.45, 7) is 0.201. The zero-order valence-electron chi connectivity index (χ0n) is 13.0. The Bertz CT molecular complexity index is 780. The standard InChI is InChI=1S/C19H17NO4/c20-24-18(22)19(9-10-19)17(21)23-11-16-14-7-3-1-5-12(14)13-6-2-4-8-15(13)16/h1-8,16H,9-11,20H2. The molecule has 5 heteroatoms. The molecular weight excluding hydrogens is 306 g/mol. The van der Waals surface area contributed by atoms with E-state index in [2.05, 4.69) is 29.1 Å². The normalized spacial score (nSPS) is 16.9. The van der Waals surface area contributed by atoms with E-state index in [-0.39, 0.29) is 12.5 Å². The van der Waals surface area contributed by atoms with Gasteiger partial charge in [-0.1, -0.05) is 48.5 Å². The number of rotatable bonds is 4. The van der Waals surface area contributed by atoms with Crippen LogP contribution in [0.4, 0.5) is 0 Å². The first-order valence-corrected chi connectivity index (χ1v) is 7.94. The summed E-state index contributed by atoms with van der Waals surface area (Å²) in [4.78, 5) is 28.3. The lowest BCUT2D eigenvalue weighted by atomic mass is 9.98. The van der Waals surface area contributed by atoms with Crippen LogP contribution >= 0.6 is 0 Å². The third kappa shape index (κ3) is 2.12. The number of benzene rings is 2. The Morgan fingerprint density at radius 1 is 0.958 bits per heavy atom. The van der Waals surface area contributed by atoms with Crippen molar-refractivity contribution in [3.05, 3.63) is 59.7 Å². The molecule has 122 valence electrons. The zero-order chi connectivity index (χ0) is 16.7. The van der Waals surface area contributed by atoms with Crippen LogP contribution in [0, 0.1) is 5.41 Å². The summed E-state index contributed by atoms with van der Waals surface area (Å²) in [6.07, 6.45) is 0.861. The Balaban J connectivity index is 1.57. The molecule has 0 saturated heterocycles. The fourth-order valence-electron chi connectivity index (χ4n) is 3.47. The van der Waals surface area contributed by atoms with Gasteiger partial charge in [-0.05, 0) is 35.1 Å². The van der Waals surface area contributed by atoms with Gasteiger partial charge in [0, 0.05) is 5.92 Å². The van der Waals surface area contributed by atoms with Gasteiger partial charge in [-0.2, -0.15) is 5.90 Å². The third-order valence-electron chi connectivity index (χ3n) is 4.98. The van der Waals surface area contributed by atoms with Crippen molar-refractivity contribution in [2.45, 2.75) is 18.8 Å². The Hall–Kier alpha value is -2.66. The highest BCUT2D eigenvalue weighted by molar-refractivity contribution is 6.03. The van der Waals surface area contributed by atoms with Gasteiger partial charge in [-0.25, -0.2) is 4.79 Å². The van der Waals surface area contributed by atoms with Crippen molar-refractivity contribution in [2.24, 2.45) is 11.3 Å². The van der Waals surface area contributed by atoms with Crippen LogP contribution in [0.25, 0.3) is 11.1 Å². The topological polar surface area (TPSA) is 78.6 Å². The maximum absolute atomic E-state index is 12.3. The van der Waals surface area contributed by atoms with Gasteiger partial charge >= 0.3 is 11.9 Å². The van der Waals surface area contributed by atoms with Gasteiger partial charge in [0.05, 0.1) is 0 Å². The number of carbonyl (C=O) groups excluding carboxylic acids is 2. The van der Waals surface area contributed by atoms with Gasteiger partial charge in [-0.3, -0.25) is 4.79 Å². The van der Waals surface area contributed by atoms with Crippen LogP contribution in [-0.4, -0.2) is 18.5 Å². The predicted molar refractivity (Wildman–Crippen MR) is 86.6 cm³/mol. The van der Waals surface area contributed by atoms with E-state index in [4.69, 9.17) is 10.6 Å². The highest BCUT2D eigenvalue weighted by Crippen LogP contribution is 2.49. The summed E-state index contributed by atoms with van der Waals surface area (Å²) in [6, 6.07) is 16.2. The van der Waals surface area contributed by atoms with Crippen LogP contribution in [0.15, 0.2) is 48.5 Å². The number of esters is 1. The minimum atomic E-state index is -1.19. The summed E-state index contributed by atoms with van der Waals surface area (Å²) in [5, 5.41) is 0. The second-order valence-electron chi connectivity index (χ2n) is 6.31. The summed E-state index contributed by atoms with van der Waals surface area (Å²) in [5.74, 6) is 3.65. The molecule has 2 aromatic carbocycles. The predicted octanol–water partition coefficient (Wildman–Crippen LogP) is 2.54. The lowest BCUT2D eigenvalue weighted by molar-refractivity contribution is -0.165. The summed E-state index contributed by atoms with van der Waals surface area (Å²) in [7, 11) is 0. The van der Waals surface area contributed by atoms with E-state index in [1.165, 1.54) is 0 Å². The van der Waals surface area contributed by atoms with Crippen molar-refractivity contribution in [1.29, 1.82) is 0 Å². The molecule has 4 rings (SSSR count). The molecule has 0 bridgehead atoms. The van der Waals surface area contributed by atoms with Crippen molar-refractivity contribution < 1.29 is 19.2 Å². The fourth-order valence-corrected chi connectivity index (χ4v) is 3.47. The molecule has 2 aromatic rings. The second kappa shape index (κ2) is 5.46. The molecule has 0 amide bonds. The molecule has 0 atom stereocenters. The average Bonchev–Trinajstić information content (AvgIpc) is 3.38. The molecular formula is C19H17NO4. The Morgan fingerprint density at radius 2 is 1.50 bits per heavy atom. The molecule has 5 nitrogen and oxygen atoms in total. The molecule has 0 heterocycles. The van der Waals surface area contributed by atoms with E-state index >= 15 is 0 Å². The number of nitrogens with two attached hydrogens (primary N) is 1. The van der Waals surface area contributed by atoms with E-state index in [0.717, 1.165) is 22.3 Å². The monoisotopic (exact) mass is 323 g/mol. The van der Waals surface area contributed by atoms with Gasteiger partial charge in [0.15, 0.2) is 5.41 Å². The third-order valence-corrected chi connectivity index (χ3v) is 4.98. The molecule has 0 unspecified atom stereocenters. The molecule has 0 aliphatic heterocycles. The van der Waals surface area contributed by atoms with Crippen LogP contribution < -0.4 is 5.90 Å². The van der Waals surface area contributed by atoms with E-state index in [0.29, 0.717) is 12.8 Å². The van der Waals surface area contributed by atoms with Crippen molar-refractivity contribution in [3.8, 4) is 11.1 Å². The average molecular weight is 323 g/mol. The van der Waals surface area contributed by atoms with Crippen LogP contribution in [0.2, 0.25) is 0 Å². The number of ether oxygens (including phenoxy) is 1. The lowest BCUT2D eigenvalue weighted by Crippen LogP contribution is -2.32. The maximum atomic E-state index is 12.3. The largest absolute Gasteiger partial charge is 0.464 e. The Morgan fingerprint density at radius 3 is 2.00 bits per heavy atom. The van der Waals surface area contributed by atoms with E-state index in [1.54, 1.807) is 0 Å². The zero-order valence-corrected chi connectivity index (χ0v) is 13.0. The van der Waals surface area contributed by atoms with Crippen LogP contribution in [0.5, 0.6) is 0 Å². The number of hydrogen-bond acceptors (Lipinski definition) is 5. The Kier molecular flexibility index (Phi) is 3.39. The molecule has 1 fully saturated rings. The van der Waals surface area contributed by atoms with Gasteiger partial charge < -0.3 is 9.57 Å². The molecule has 24 heavy (non-hydrogen) atoms. The highest BCUT2D eigenvalue weighted by atomic mass is 16.7. The van der Waals surface area contributed by atoms with Crippen molar-refractivity contribution in [1.82, 2.24) is 0 Å². The first-order chi connectivity index (χ1) is 11.7. The molecule has 2 N–H and O–H groups in total. The number of hydrogen-bond donors (Lipinski definition) is 1. The SMILES string of the molecule is NOC(=O)C1(C(=O)OCC2c3ccccc3-c3ccccc32)CC1. The van der Waals surface area contributed by atoms with E-state index in [1.807, 2.05) is 24.3 Å². The number of fused-ring (bicyclic) bond motifs is 3. The first kappa shape index (κ1) is 14.9.